The zero-order valence-corrected chi connectivity index (χ0v) is 12.4. The number of nitrogens with one attached hydrogen (secondary N) is 1. The number of benzene rings is 1. The van der Waals surface area contributed by atoms with Gasteiger partial charge in [-0.2, -0.15) is 0 Å². The van der Waals surface area contributed by atoms with E-state index in [9.17, 15) is 0 Å². The minimum absolute atomic E-state index is 0.493. The van der Waals surface area contributed by atoms with Crippen molar-refractivity contribution in [2.24, 2.45) is 0 Å². The number of piperazine rings is 1. The average molecular weight is 282 g/mol. The fourth-order valence-corrected chi connectivity index (χ4v) is 2.91. The van der Waals surface area contributed by atoms with Crippen LogP contribution in [0.25, 0.3) is 0 Å². The molecule has 110 valence electrons. The first-order chi connectivity index (χ1) is 10.3. The number of hydrogen-bond acceptors (Lipinski definition) is 4. The van der Waals surface area contributed by atoms with Gasteiger partial charge >= 0.3 is 0 Å². The van der Waals surface area contributed by atoms with Crippen LogP contribution in [0.3, 0.4) is 0 Å². The second-order valence-electron chi connectivity index (χ2n) is 5.75. The Balaban J connectivity index is 1.71. The molecule has 2 heterocycles. The maximum Gasteiger partial charge on any atom is 0.142 e. The molecule has 0 bridgehead atoms. The number of rotatable bonds is 4. The standard InChI is InChI=1S/C17H22N4/c1-14-12-21(13-17-18-8-5-9-19-17)16(11-20-14)10-15-6-3-2-4-7-15/h2-9,14,16,20H,10-13H2,1H3. The summed E-state index contributed by atoms with van der Waals surface area (Å²) in [4.78, 5) is 11.2. The third-order valence-corrected chi connectivity index (χ3v) is 4.00. The molecule has 0 saturated carbocycles. The molecule has 1 aliphatic rings. The van der Waals surface area contributed by atoms with E-state index in [2.05, 4.69) is 57.4 Å². The predicted octanol–water partition coefficient (Wildman–Crippen LogP) is 1.88. The van der Waals surface area contributed by atoms with Crippen LogP contribution in [0.2, 0.25) is 0 Å². The van der Waals surface area contributed by atoms with Gasteiger partial charge in [0, 0.05) is 37.6 Å². The van der Waals surface area contributed by atoms with E-state index in [1.807, 2.05) is 18.5 Å². The van der Waals surface area contributed by atoms with Gasteiger partial charge in [0.05, 0.1) is 6.54 Å². The van der Waals surface area contributed by atoms with E-state index in [1.165, 1.54) is 5.56 Å². The van der Waals surface area contributed by atoms with E-state index >= 15 is 0 Å². The van der Waals surface area contributed by atoms with E-state index in [4.69, 9.17) is 0 Å². The van der Waals surface area contributed by atoms with Crippen LogP contribution >= 0.6 is 0 Å². The van der Waals surface area contributed by atoms with Gasteiger partial charge in [0.1, 0.15) is 5.82 Å². The summed E-state index contributed by atoms with van der Waals surface area (Å²) in [5, 5.41) is 3.59. The molecule has 2 atom stereocenters. The van der Waals surface area contributed by atoms with Crippen molar-refractivity contribution in [2.75, 3.05) is 13.1 Å². The first kappa shape index (κ1) is 14.2. The zero-order chi connectivity index (χ0) is 14.5. The van der Waals surface area contributed by atoms with Gasteiger partial charge in [-0.1, -0.05) is 30.3 Å². The van der Waals surface area contributed by atoms with Crippen molar-refractivity contribution in [1.82, 2.24) is 20.2 Å². The molecule has 0 radical (unpaired) electrons. The van der Waals surface area contributed by atoms with Gasteiger partial charge in [-0.25, -0.2) is 9.97 Å². The van der Waals surface area contributed by atoms with E-state index in [0.29, 0.717) is 12.1 Å². The monoisotopic (exact) mass is 282 g/mol. The third-order valence-electron chi connectivity index (χ3n) is 4.00. The fraction of sp³-hybridized carbons (Fsp3) is 0.412. The molecule has 2 unspecified atom stereocenters. The minimum Gasteiger partial charge on any atom is -0.311 e. The highest BCUT2D eigenvalue weighted by molar-refractivity contribution is 5.16. The van der Waals surface area contributed by atoms with Crippen molar-refractivity contribution in [3.63, 3.8) is 0 Å². The lowest BCUT2D eigenvalue weighted by molar-refractivity contribution is 0.123. The van der Waals surface area contributed by atoms with E-state index in [-0.39, 0.29) is 0 Å². The second-order valence-corrected chi connectivity index (χ2v) is 5.75. The van der Waals surface area contributed by atoms with Gasteiger partial charge in [0.25, 0.3) is 0 Å². The lowest BCUT2D eigenvalue weighted by atomic mass is 10.0. The van der Waals surface area contributed by atoms with Gasteiger partial charge < -0.3 is 5.32 Å². The molecule has 1 fully saturated rings. The predicted molar refractivity (Wildman–Crippen MR) is 83.8 cm³/mol. The minimum atomic E-state index is 0.493. The molecule has 3 rings (SSSR count). The van der Waals surface area contributed by atoms with Crippen molar-refractivity contribution in [3.8, 4) is 0 Å². The highest BCUT2D eigenvalue weighted by atomic mass is 15.2. The molecule has 0 spiro atoms. The quantitative estimate of drug-likeness (QED) is 0.929. The number of hydrogen-bond donors (Lipinski definition) is 1. The molecule has 1 N–H and O–H groups in total. The third kappa shape index (κ3) is 3.86. The van der Waals surface area contributed by atoms with Gasteiger partial charge in [0.2, 0.25) is 0 Å². The Hall–Kier alpha value is -1.78. The number of aromatic nitrogens is 2. The Labute approximate surface area is 126 Å². The molecule has 1 aromatic heterocycles. The normalized spacial score (nSPS) is 23.1. The highest BCUT2D eigenvalue weighted by Gasteiger charge is 2.26. The van der Waals surface area contributed by atoms with Crippen molar-refractivity contribution >= 4 is 0 Å². The Kier molecular flexibility index (Phi) is 4.58. The Morgan fingerprint density at radius 1 is 1.14 bits per heavy atom. The fourth-order valence-electron chi connectivity index (χ4n) is 2.91. The maximum absolute atomic E-state index is 4.37. The molecular formula is C17H22N4. The highest BCUT2D eigenvalue weighted by Crippen LogP contribution is 2.15. The average Bonchev–Trinajstić information content (AvgIpc) is 2.52. The Morgan fingerprint density at radius 3 is 2.67 bits per heavy atom. The molecular weight excluding hydrogens is 260 g/mol. The topological polar surface area (TPSA) is 41.1 Å². The molecule has 1 saturated heterocycles. The summed E-state index contributed by atoms with van der Waals surface area (Å²) in [6, 6.07) is 13.6. The van der Waals surface area contributed by atoms with Crippen LogP contribution in [0, 0.1) is 0 Å². The van der Waals surface area contributed by atoms with Crippen LogP contribution in [0.15, 0.2) is 48.8 Å². The Morgan fingerprint density at radius 2 is 1.90 bits per heavy atom. The summed E-state index contributed by atoms with van der Waals surface area (Å²) in [7, 11) is 0. The van der Waals surface area contributed by atoms with E-state index in [1.54, 1.807) is 0 Å². The van der Waals surface area contributed by atoms with Gasteiger partial charge in [-0.3, -0.25) is 4.90 Å². The molecule has 1 aromatic carbocycles. The summed E-state index contributed by atoms with van der Waals surface area (Å²) in [5.41, 5.74) is 1.39. The summed E-state index contributed by atoms with van der Waals surface area (Å²) >= 11 is 0. The van der Waals surface area contributed by atoms with Crippen LogP contribution in [0.5, 0.6) is 0 Å². The molecule has 2 aromatic rings. The van der Waals surface area contributed by atoms with Crippen molar-refractivity contribution < 1.29 is 0 Å². The summed E-state index contributed by atoms with van der Waals surface area (Å²) in [5.74, 6) is 0.907. The van der Waals surface area contributed by atoms with Crippen LogP contribution in [-0.2, 0) is 13.0 Å². The smallest absolute Gasteiger partial charge is 0.142 e. The maximum atomic E-state index is 4.37. The van der Waals surface area contributed by atoms with Crippen molar-refractivity contribution in [3.05, 3.63) is 60.2 Å². The molecule has 0 amide bonds. The SMILES string of the molecule is CC1CN(Cc2ncccn2)C(Cc2ccccc2)CN1. The van der Waals surface area contributed by atoms with Crippen LogP contribution in [0.1, 0.15) is 18.3 Å². The molecule has 1 aliphatic heterocycles. The molecule has 0 aliphatic carbocycles. The first-order valence-electron chi connectivity index (χ1n) is 7.58. The van der Waals surface area contributed by atoms with Gasteiger partial charge in [-0.05, 0) is 25.0 Å². The van der Waals surface area contributed by atoms with Crippen LogP contribution in [0.4, 0.5) is 0 Å². The lowest BCUT2D eigenvalue weighted by Crippen LogP contribution is -2.55. The van der Waals surface area contributed by atoms with E-state index in [0.717, 1.165) is 31.9 Å². The summed E-state index contributed by atoms with van der Waals surface area (Å²) < 4.78 is 0. The van der Waals surface area contributed by atoms with Crippen LogP contribution < -0.4 is 5.32 Å². The lowest BCUT2D eigenvalue weighted by Gasteiger charge is -2.39. The second kappa shape index (κ2) is 6.78. The summed E-state index contributed by atoms with van der Waals surface area (Å²) in [6.07, 6.45) is 4.70. The zero-order valence-electron chi connectivity index (χ0n) is 12.4. The largest absolute Gasteiger partial charge is 0.311 e. The van der Waals surface area contributed by atoms with Crippen LogP contribution in [-0.4, -0.2) is 40.0 Å². The molecule has 4 nitrogen and oxygen atoms in total. The number of nitrogens with zero attached hydrogens (tertiary/aromatic N) is 3. The van der Waals surface area contributed by atoms with Gasteiger partial charge in [-0.15, -0.1) is 0 Å². The molecule has 4 heteroatoms. The Bertz CT molecular complexity index is 543. The van der Waals surface area contributed by atoms with Crippen molar-refractivity contribution in [2.45, 2.75) is 32.0 Å². The van der Waals surface area contributed by atoms with Gasteiger partial charge in [0.15, 0.2) is 0 Å². The van der Waals surface area contributed by atoms with Crippen molar-refractivity contribution in [1.29, 1.82) is 0 Å². The summed E-state index contributed by atoms with van der Waals surface area (Å²) in [6.45, 7) is 5.11. The molecule has 21 heavy (non-hydrogen) atoms. The van der Waals surface area contributed by atoms with E-state index < -0.39 is 0 Å². The first-order valence-corrected chi connectivity index (χ1v) is 7.58.